The van der Waals surface area contributed by atoms with Crippen LogP contribution in [-0.4, -0.2) is 21.9 Å². The Kier molecular flexibility index (Phi) is 9.17. The summed E-state index contributed by atoms with van der Waals surface area (Å²) in [6.45, 7) is 0.0418. The molecular weight excluding hydrogens is 416 g/mol. The van der Waals surface area contributed by atoms with E-state index in [-0.39, 0.29) is 35.2 Å². The molecule has 3 nitrogen and oxygen atoms in total. The van der Waals surface area contributed by atoms with Crippen molar-refractivity contribution in [2.45, 2.75) is 6.42 Å². The van der Waals surface area contributed by atoms with Crippen molar-refractivity contribution in [3.05, 3.63) is 131 Å². The molecule has 0 saturated carbocycles. The number of allylic oxidation sites excluding steroid dienone is 5. The quantitative estimate of drug-likeness (QED) is 0.374. The maximum absolute atomic E-state index is 9.58. The van der Waals surface area contributed by atoms with Crippen molar-refractivity contribution in [2.24, 2.45) is 0 Å². The Morgan fingerprint density at radius 3 is 1.60 bits per heavy atom. The molecule has 3 N–H and O–H groups in total. The van der Waals surface area contributed by atoms with E-state index < -0.39 is 0 Å². The van der Waals surface area contributed by atoms with Gasteiger partial charge < -0.3 is 15.3 Å². The molecule has 0 aliphatic heterocycles. The smallest absolute Gasteiger partial charge is 0.509 e. The van der Waals surface area contributed by atoms with Crippen LogP contribution in [0.15, 0.2) is 114 Å². The zero-order valence-electron chi connectivity index (χ0n) is 16.4. The van der Waals surface area contributed by atoms with Gasteiger partial charge in [0.25, 0.3) is 0 Å². The Balaban J connectivity index is 0.000000468. The molecule has 0 saturated heterocycles. The second-order valence-electron chi connectivity index (χ2n) is 6.56. The molecule has 0 bridgehead atoms. The van der Waals surface area contributed by atoms with E-state index in [1.807, 2.05) is 78.9 Å². The van der Waals surface area contributed by atoms with Crippen molar-refractivity contribution in [1.29, 1.82) is 0 Å². The maximum Gasteiger partial charge on any atom is 2.00 e. The summed E-state index contributed by atoms with van der Waals surface area (Å²) in [5.41, 5.74) is 3.98. The first-order valence-corrected chi connectivity index (χ1v) is 9.50. The number of rotatable bonds is 5. The van der Waals surface area contributed by atoms with Crippen molar-refractivity contribution in [1.82, 2.24) is 0 Å². The third-order valence-electron chi connectivity index (χ3n) is 4.54. The summed E-state index contributed by atoms with van der Waals surface area (Å²) in [6.07, 6.45) is 8.49. The van der Waals surface area contributed by atoms with E-state index in [0.29, 0.717) is 6.42 Å². The molecule has 0 radical (unpaired) electrons. The first-order valence-electron chi connectivity index (χ1n) is 9.50. The van der Waals surface area contributed by atoms with Crippen molar-refractivity contribution < 1.29 is 32.4 Å². The van der Waals surface area contributed by atoms with Crippen LogP contribution in [0.5, 0.6) is 11.5 Å². The monoisotopic (exact) mass is 440 g/mol. The van der Waals surface area contributed by atoms with E-state index in [1.165, 1.54) is 0 Å². The van der Waals surface area contributed by atoms with Gasteiger partial charge in [-0.1, -0.05) is 41.4 Å². The van der Waals surface area contributed by atoms with Crippen LogP contribution in [0.2, 0.25) is 0 Å². The number of aromatic hydroxyl groups is 2. The average Bonchev–Trinajstić information content (AvgIpc) is 3.47. The van der Waals surface area contributed by atoms with Gasteiger partial charge >= 0.3 is 17.1 Å². The summed E-state index contributed by atoms with van der Waals surface area (Å²) in [4.78, 5) is 0. The summed E-state index contributed by atoms with van der Waals surface area (Å²) < 4.78 is 0. The predicted octanol–water partition coefficient (Wildman–Crippen LogP) is 5.28. The van der Waals surface area contributed by atoms with Gasteiger partial charge in [0.05, 0.1) is 0 Å². The van der Waals surface area contributed by atoms with Gasteiger partial charge in [-0.15, -0.1) is 35.4 Å². The number of phenolic OH excluding ortho intramolecular Hbond substituents is 2. The SMILES string of the molecule is OCCC(=C1C=CC=C1)[C-](c1ccc(O)cc1)c1ccc(O)cc1.[Fe+2].c1cc[cH-]c1. The molecule has 0 heterocycles. The molecule has 0 amide bonds. The Morgan fingerprint density at radius 2 is 1.23 bits per heavy atom. The van der Waals surface area contributed by atoms with Gasteiger partial charge in [-0.05, 0) is 30.7 Å². The van der Waals surface area contributed by atoms with E-state index in [0.717, 1.165) is 28.2 Å². The second-order valence-corrected chi connectivity index (χ2v) is 6.56. The first kappa shape index (κ1) is 23.2. The molecule has 0 spiro atoms. The summed E-state index contributed by atoms with van der Waals surface area (Å²) in [5.74, 6) is 1.40. The molecule has 1 aliphatic carbocycles. The third-order valence-corrected chi connectivity index (χ3v) is 4.54. The van der Waals surface area contributed by atoms with Gasteiger partial charge in [0.1, 0.15) is 11.5 Å². The Bertz CT molecular complexity index is 889. The largest absolute Gasteiger partial charge is 2.00 e. The number of hydrogen-bond donors (Lipinski definition) is 3. The Hall–Kier alpha value is -3.04. The topological polar surface area (TPSA) is 60.7 Å². The molecule has 30 heavy (non-hydrogen) atoms. The van der Waals surface area contributed by atoms with Crippen molar-refractivity contribution in [3.8, 4) is 11.5 Å². The fourth-order valence-electron chi connectivity index (χ4n) is 3.19. The molecule has 4 heteroatoms. The van der Waals surface area contributed by atoms with Crippen LogP contribution in [0.25, 0.3) is 0 Å². The molecule has 1 aliphatic rings. The summed E-state index contributed by atoms with van der Waals surface area (Å²) in [7, 11) is 0. The summed E-state index contributed by atoms with van der Waals surface area (Å²) in [5, 5.41) is 28.7. The van der Waals surface area contributed by atoms with E-state index in [2.05, 4.69) is 0 Å². The molecule has 154 valence electrons. The molecule has 0 atom stereocenters. The number of phenols is 2. The van der Waals surface area contributed by atoms with E-state index >= 15 is 0 Å². The zero-order chi connectivity index (χ0) is 20.5. The van der Waals surface area contributed by atoms with Crippen LogP contribution in [0.3, 0.4) is 0 Å². The Labute approximate surface area is 188 Å². The van der Waals surface area contributed by atoms with Crippen LogP contribution >= 0.6 is 0 Å². The minimum Gasteiger partial charge on any atom is -0.509 e. The van der Waals surface area contributed by atoms with Gasteiger partial charge in [-0.25, -0.2) is 12.1 Å². The molecule has 0 fully saturated rings. The zero-order valence-corrected chi connectivity index (χ0v) is 17.5. The van der Waals surface area contributed by atoms with Crippen molar-refractivity contribution in [3.63, 3.8) is 0 Å². The molecule has 0 aromatic heterocycles. The van der Waals surface area contributed by atoms with Crippen molar-refractivity contribution >= 4 is 0 Å². The summed E-state index contributed by atoms with van der Waals surface area (Å²) in [6, 6.07) is 24.0. The maximum atomic E-state index is 9.58. The molecule has 4 rings (SSSR count). The van der Waals surface area contributed by atoms with Gasteiger partial charge in [0, 0.05) is 6.61 Å². The Morgan fingerprint density at radius 1 is 0.767 bits per heavy atom. The number of benzene rings is 2. The van der Waals surface area contributed by atoms with Gasteiger partial charge in [0.15, 0.2) is 0 Å². The van der Waals surface area contributed by atoms with Crippen LogP contribution < -0.4 is 0 Å². The van der Waals surface area contributed by atoms with Gasteiger partial charge in [0.2, 0.25) is 0 Å². The normalized spacial score (nSPS) is 11.4. The standard InChI is InChI=1S/C21H19O3.C5H5.Fe/c22-14-13-20(15-3-1-2-4-15)21(16-5-9-18(23)10-6-16)17-7-11-19(24)12-8-17;1-2-4-5-3-1;/h1-12,22-24H,13-14H2;1-5H;/q2*-1;+2. The number of hydrogen-bond acceptors (Lipinski definition) is 3. The third kappa shape index (κ3) is 6.23. The van der Waals surface area contributed by atoms with Crippen LogP contribution in [0.1, 0.15) is 17.5 Å². The number of aliphatic hydroxyl groups excluding tert-OH is 1. The number of aliphatic hydroxyl groups is 1. The second kappa shape index (κ2) is 11.8. The minimum atomic E-state index is 0. The van der Waals surface area contributed by atoms with Crippen LogP contribution in [0, 0.1) is 5.92 Å². The minimum absolute atomic E-state index is 0. The van der Waals surface area contributed by atoms with Gasteiger partial charge in [-0.2, -0.15) is 18.2 Å². The van der Waals surface area contributed by atoms with Crippen molar-refractivity contribution in [2.75, 3.05) is 6.61 Å². The fourth-order valence-corrected chi connectivity index (χ4v) is 3.19. The molecule has 3 aromatic rings. The van der Waals surface area contributed by atoms with Crippen LogP contribution in [0.4, 0.5) is 0 Å². The van der Waals surface area contributed by atoms with E-state index in [1.54, 1.807) is 24.3 Å². The first-order chi connectivity index (χ1) is 14.2. The van der Waals surface area contributed by atoms with E-state index in [4.69, 9.17) is 0 Å². The van der Waals surface area contributed by atoms with Gasteiger partial charge in [-0.3, -0.25) is 0 Å². The molecule has 3 aromatic carbocycles. The predicted molar refractivity (Wildman–Crippen MR) is 117 cm³/mol. The summed E-state index contributed by atoms with van der Waals surface area (Å²) >= 11 is 0. The fraction of sp³-hybridized carbons (Fsp3) is 0.0769. The van der Waals surface area contributed by atoms with Crippen LogP contribution in [-0.2, 0) is 17.1 Å². The molecule has 0 unspecified atom stereocenters. The average molecular weight is 440 g/mol. The molecular formula is C26H24FeO3. The van der Waals surface area contributed by atoms with E-state index in [9.17, 15) is 15.3 Å².